The van der Waals surface area contributed by atoms with Crippen molar-refractivity contribution in [2.45, 2.75) is 373 Å². The van der Waals surface area contributed by atoms with Crippen LogP contribution >= 0.6 is 0 Å². The first-order valence-electron chi connectivity index (χ1n) is 33.2. The molecule has 2 atom stereocenters. The molecule has 0 bridgehead atoms. The van der Waals surface area contributed by atoms with Gasteiger partial charge in [0.1, 0.15) is 0 Å². The van der Waals surface area contributed by atoms with Gasteiger partial charge >= 0.3 is 5.97 Å². The second-order valence-corrected chi connectivity index (χ2v) is 22.8. The van der Waals surface area contributed by atoms with E-state index in [0.29, 0.717) is 25.9 Å². The normalized spacial score (nSPS) is 12.8. The molecule has 0 aliphatic heterocycles. The van der Waals surface area contributed by atoms with Gasteiger partial charge in [-0.05, 0) is 89.9 Å². The van der Waals surface area contributed by atoms with Crippen molar-refractivity contribution in [1.82, 2.24) is 5.32 Å². The Morgan fingerprint density at radius 2 is 0.676 bits per heavy atom. The molecule has 74 heavy (non-hydrogen) atoms. The van der Waals surface area contributed by atoms with Crippen LogP contribution in [0.25, 0.3) is 0 Å². The molecule has 0 saturated heterocycles. The van der Waals surface area contributed by atoms with Gasteiger partial charge in [0.15, 0.2) is 0 Å². The minimum absolute atomic E-state index is 0.0221. The summed E-state index contributed by atoms with van der Waals surface area (Å²) in [6.45, 7) is 4.93. The van der Waals surface area contributed by atoms with Crippen LogP contribution < -0.4 is 5.32 Å². The van der Waals surface area contributed by atoms with Crippen molar-refractivity contribution in [2.75, 3.05) is 13.2 Å². The van der Waals surface area contributed by atoms with E-state index in [4.69, 9.17) is 4.74 Å². The summed E-state index contributed by atoms with van der Waals surface area (Å²) in [5, 5.41) is 23.4. The number of aliphatic hydroxyl groups excluding tert-OH is 2. The molecule has 0 heterocycles. The quantitative estimate of drug-likeness (QED) is 0.0320. The number of hydrogen-bond acceptors (Lipinski definition) is 5. The number of amides is 1. The molecule has 6 nitrogen and oxygen atoms in total. The van der Waals surface area contributed by atoms with Gasteiger partial charge in [0, 0.05) is 12.8 Å². The Morgan fingerprint density at radius 1 is 0.378 bits per heavy atom. The largest absolute Gasteiger partial charge is 0.466 e. The van der Waals surface area contributed by atoms with Crippen molar-refractivity contribution in [2.24, 2.45) is 0 Å². The summed E-state index contributed by atoms with van der Waals surface area (Å²) in [4.78, 5) is 24.6. The average molecular weight is 1040 g/mol. The topological polar surface area (TPSA) is 95.9 Å². The van der Waals surface area contributed by atoms with Crippen LogP contribution in [0.5, 0.6) is 0 Å². The Balaban J connectivity index is 3.48. The number of carbonyl (C=O) groups excluding carboxylic acids is 2. The van der Waals surface area contributed by atoms with Crippen molar-refractivity contribution in [3.8, 4) is 0 Å². The molecule has 0 aromatic carbocycles. The SMILES string of the molecule is CCCCCCCCC/C=C\CCCCCCCC(=O)OCCCCC/C=C\C/C=C\CCCCCCCCCC(=O)NC(CO)C(O)CCCCCCCCCCCCCCCCCCCCCCCCCC. The maximum absolute atomic E-state index is 12.5. The highest BCUT2D eigenvalue weighted by Crippen LogP contribution is 2.18. The number of nitrogens with one attached hydrogen (secondary N) is 1. The summed E-state index contributed by atoms with van der Waals surface area (Å²) in [5.74, 6) is -0.0700. The van der Waals surface area contributed by atoms with Gasteiger partial charge in [-0.2, -0.15) is 0 Å². The molecule has 0 rings (SSSR count). The molecule has 436 valence electrons. The number of unbranched alkanes of at least 4 members (excludes halogenated alkanes) is 45. The number of aliphatic hydroxyl groups is 2. The van der Waals surface area contributed by atoms with Gasteiger partial charge in [0.25, 0.3) is 0 Å². The van der Waals surface area contributed by atoms with E-state index in [2.05, 4.69) is 55.6 Å². The van der Waals surface area contributed by atoms with E-state index < -0.39 is 12.1 Å². The van der Waals surface area contributed by atoms with Gasteiger partial charge in [-0.3, -0.25) is 9.59 Å². The van der Waals surface area contributed by atoms with E-state index in [0.717, 1.165) is 83.5 Å². The minimum atomic E-state index is -0.677. The maximum Gasteiger partial charge on any atom is 0.305 e. The maximum atomic E-state index is 12.5. The second-order valence-electron chi connectivity index (χ2n) is 22.8. The third-order valence-electron chi connectivity index (χ3n) is 15.4. The summed E-state index contributed by atoms with van der Waals surface area (Å²) in [5.41, 5.74) is 0. The average Bonchev–Trinajstić information content (AvgIpc) is 3.40. The molecular formula is C68H129NO5. The van der Waals surface area contributed by atoms with Crippen LogP contribution in [0.1, 0.15) is 361 Å². The summed E-state index contributed by atoms with van der Waals surface area (Å²) in [6, 6.07) is -0.556. The second kappa shape index (κ2) is 63.6. The van der Waals surface area contributed by atoms with Crippen molar-refractivity contribution in [1.29, 1.82) is 0 Å². The van der Waals surface area contributed by atoms with E-state index in [9.17, 15) is 19.8 Å². The number of esters is 1. The summed E-state index contributed by atoms with van der Waals surface area (Å²) >= 11 is 0. The molecule has 3 N–H and O–H groups in total. The monoisotopic (exact) mass is 1040 g/mol. The summed E-state index contributed by atoms with van der Waals surface area (Å²) in [7, 11) is 0. The molecule has 0 fully saturated rings. The third kappa shape index (κ3) is 59.3. The van der Waals surface area contributed by atoms with Crippen molar-refractivity contribution in [3.63, 3.8) is 0 Å². The molecule has 0 saturated carbocycles. The van der Waals surface area contributed by atoms with Gasteiger partial charge in [-0.25, -0.2) is 0 Å². The lowest BCUT2D eigenvalue weighted by atomic mass is 10.0. The predicted octanol–water partition coefficient (Wildman–Crippen LogP) is 21.1. The first-order chi connectivity index (χ1) is 36.5. The molecule has 0 spiro atoms. The molecule has 6 heteroatoms. The predicted molar refractivity (Wildman–Crippen MR) is 324 cm³/mol. The zero-order chi connectivity index (χ0) is 53.6. The van der Waals surface area contributed by atoms with Crippen molar-refractivity contribution in [3.05, 3.63) is 36.5 Å². The smallest absolute Gasteiger partial charge is 0.305 e. The first kappa shape index (κ1) is 72.1. The number of allylic oxidation sites excluding steroid dienone is 6. The lowest BCUT2D eigenvalue weighted by molar-refractivity contribution is -0.143. The highest BCUT2D eigenvalue weighted by Gasteiger charge is 2.20. The van der Waals surface area contributed by atoms with Gasteiger partial charge in [0.05, 0.1) is 25.4 Å². The molecule has 0 aliphatic carbocycles. The van der Waals surface area contributed by atoms with Crippen LogP contribution in [0.15, 0.2) is 36.5 Å². The van der Waals surface area contributed by atoms with Gasteiger partial charge < -0.3 is 20.3 Å². The van der Waals surface area contributed by atoms with Crippen LogP contribution in [0.3, 0.4) is 0 Å². The Bertz CT molecular complexity index is 1200. The Morgan fingerprint density at radius 3 is 1.04 bits per heavy atom. The van der Waals surface area contributed by atoms with Crippen LogP contribution in [0, 0.1) is 0 Å². The van der Waals surface area contributed by atoms with E-state index in [1.54, 1.807) is 0 Å². The Kier molecular flexibility index (Phi) is 62.0. The Labute approximate surface area is 462 Å². The minimum Gasteiger partial charge on any atom is -0.466 e. The molecule has 0 radical (unpaired) electrons. The lowest BCUT2D eigenvalue weighted by Crippen LogP contribution is -2.45. The van der Waals surface area contributed by atoms with Crippen molar-refractivity contribution >= 4 is 11.9 Å². The summed E-state index contributed by atoms with van der Waals surface area (Å²) < 4.78 is 5.46. The highest BCUT2D eigenvalue weighted by atomic mass is 16.5. The fraction of sp³-hybridized carbons (Fsp3) is 0.882. The van der Waals surface area contributed by atoms with Crippen LogP contribution in [-0.4, -0.2) is 47.4 Å². The van der Waals surface area contributed by atoms with E-state index in [-0.39, 0.29) is 18.5 Å². The van der Waals surface area contributed by atoms with Gasteiger partial charge in [-0.1, -0.05) is 294 Å². The fourth-order valence-corrected chi connectivity index (χ4v) is 10.3. The van der Waals surface area contributed by atoms with Crippen LogP contribution in [0.4, 0.5) is 0 Å². The van der Waals surface area contributed by atoms with Crippen LogP contribution in [-0.2, 0) is 14.3 Å². The fourth-order valence-electron chi connectivity index (χ4n) is 10.3. The van der Waals surface area contributed by atoms with Crippen LogP contribution in [0.2, 0.25) is 0 Å². The first-order valence-corrected chi connectivity index (χ1v) is 33.2. The molecule has 0 aromatic heterocycles. The Hall–Kier alpha value is -1.92. The number of rotatable bonds is 62. The van der Waals surface area contributed by atoms with E-state index in [1.165, 1.54) is 244 Å². The zero-order valence-electron chi connectivity index (χ0n) is 49.8. The molecule has 0 aliphatic rings. The van der Waals surface area contributed by atoms with Gasteiger partial charge in [-0.15, -0.1) is 0 Å². The molecule has 1 amide bonds. The molecule has 2 unspecified atom stereocenters. The standard InChI is InChI=1S/C68H129NO5/c1-3-5-7-9-11-13-15-17-19-21-22-23-24-25-26-27-29-32-36-40-44-48-52-56-60-66(71)65(64-70)69-67(72)61-57-53-49-45-41-37-33-30-28-31-35-39-43-47-51-55-59-63-74-68(73)62-58-54-50-46-42-38-34-20-18-16-14-12-10-8-6-4-2/h20,28,31,34,39,43,65-66,70-71H,3-19,21-27,29-30,32-33,35-38,40-42,44-64H2,1-2H3,(H,69,72)/b31-28-,34-20-,43-39-. The van der Waals surface area contributed by atoms with Crippen molar-refractivity contribution < 1.29 is 24.5 Å². The highest BCUT2D eigenvalue weighted by molar-refractivity contribution is 5.76. The summed E-state index contributed by atoms with van der Waals surface area (Å²) in [6.07, 6.45) is 80.2. The third-order valence-corrected chi connectivity index (χ3v) is 15.4. The number of carbonyl (C=O) groups is 2. The number of hydrogen-bond donors (Lipinski definition) is 3. The van der Waals surface area contributed by atoms with E-state index in [1.807, 2.05) is 0 Å². The van der Waals surface area contributed by atoms with E-state index >= 15 is 0 Å². The zero-order valence-corrected chi connectivity index (χ0v) is 49.8. The molecule has 0 aromatic rings. The lowest BCUT2D eigenvalue weighted by Gasteiger charge is -2.22. The van der Waals surface area contributed by atoms with Gasteiger partial charge in [0.2, 0.25) is 5.91 Å². The number of ether oxygens (including phenoxy) is 1. The molecular weight excluding hydrogens is 911 g/mol.